The van der Waals surface area contributed by atoms with Crippen LogP contribution in [0.2, 0.25) is 0 Å². The van der Waals surface area contributed by atoms with Gasteiger partial charge in [-0.2, -0.15) is 5.10 Å². The van der Waals surface area contributed by atoms with E-state index >= 15 is 0 Å². The number of pyridine rings is 1. The number of anilines is 1. The molecule has 1 amide bonds. The zero-order chi connectivity index (χ0) is 24.3. The molecule has 0 bridgehead atoms. The standard InChI is InChI=1S/C26H34FN5O2/c1-26(2,3)12-10-22(34)29-15-17-5-4-16(14-21(17)27)20-11-13-28-24-23(20)25(32-31-24)30-18-6-8-19(33)9-7-18/h4-5,11,13-14,18-19,33H,6-10,12,15H2,1-3H3,(H,29,34)(H2,28,30,31,32). The van der Waals surface area contributed by atoms with Crippen molar-refractivity contribution in [2.24, 2.45) is 5.41 Å². The van der Waals surface area contributed by atoms with Crippen LogP contribution in [0.15, 0.2) is 30.5 Å². The Morgan fingerprint density at radius 3 is 2.68 bits per heavy atom. The summed E-state index contributed by atoms with van der Waals surface area (Å²) >= 11 is 0. The molecule has 0 saturated heterocycles. The van der Waals surface area contributed by atoms with Gasteiger partial charge in [-0.3, -0.25) is 9.89 Å². The number of aromatic amines is 1. The van der Waals surface area contributed by atoms with Crippen molar-refractivity contribution in [3.05, 3.63) is 41.8 Å². The summed E-state index contributed by atoms with van der Waals surface area (Å²) in [6.07, 6.45) is 5.93. The molecule has 182 valence electrons. The second kappa shape index (κ2) is 10.1. The number of amides is 1. The summed E-state index contributed by atoms with van der Waals surface area (Å²) in [4.78, 5) is 16.5. The third-order valence-electron chi connectivity index (χ3n) is 6.44. The molecule has 0 atom stereocenters. The van der Waals surface area contributed by atoms with E-state index in [1.165, 1.54) is 6.07 Å². The number of hydrogen-bond acceptors (Lipinski definition) is 5. The molecule has 1 aliphatic rings. The molecule has 3 aromatic rings. The molecule has 1 saturated carbocycles. The lowest BCUT2D eigenvalue weighted by molar-refractivity contribution is -0.121. The molecular weight excluding hydrogens is 433 g/mol. The average Bonchev–Trinajstić information content (AvgIpc) is 3.21. The predicted octanol–water partition coefficient (Wildman–Crippen LogP) is 4.92. The first-order chi connectivity index (χ1) is 16.2. The molecule has 34 heavy (non-hydrogen) atoms. The van der Waals surface area contributed by atoms with Crippen molar-refractivity contribution in [3.63, 3.8) is 0 Å². The minimum atomic E-state index is -0.363. The van der Waals surface area contributed by atoms with Crippen molar-refractivity contribution in [2.75, 3.05) is 5.32 Å². The molecule has 0 aliphatic heterocycles. The molecule has 2 heterocycles. The van der Waals surface area contributed by atoms with Crippen LogP contribution < -0.4 is 10.6 Å². The minimum absolute atomic E-state index is 0.0708. The van der Waals surface area contributed by atoms with E-state index in [1.54, 1.807) is 12.3 Å². The first-order valence-corrected chi connectivity index (χ1v) is 12.0. The molecule has 2 aromatic heterocycles. The maximum absolute atomic E-state index is 15.0. The number of rotatable bonds is 7. The highest BCUT2D eigenvalue weighted by atomic mass is 19.1. The quantitative estimate of drug-likeness (QED) is 0.395. The number of aliphatic hydroxyl groups is 1. The molecule has 8 heteroatoms. The van der Waals surface area contributed by atoms with Crippen LogP contribution in [0.5, 0.6) is 0 Å². The van der Waals surface area contributed by atoms with Crippen LogP contribution in [0, 0.1) is 11.2 Å². The van der Waals surface area contributed by atoms with Crippen LogP contribution >= 0.6 is 0 Å². The van der Waals surface area contributed by atoms with E-state index < -0.39 is 0 Å². The summed E-state index contributed by atoms with van der Waals surface area (Å²) in [6.45, 7) is 6.44. The Kier molecular flexibility index (Phi) is 7.16. The number of H-pyrrole nitrogens is 1. The fraction of sp³-hybridized carbons (Fsp3) is 0.500. The Bertz CT molecular complexity index is 1150. The van der Waals surface area contributed by atoms with Gasteiger partial charge in [0.25, 0.3) is 0 Å². The van der Waals surface area contributed by atoms with E-state index in [9.17, 15) is 14.3 Å². The van der Waals surface area contributed by atoms with Crippen molar-refractivity contribution < 1.29 is 14.3 Å². The van der Waals surface area contributed by atoms with Gasteiger partial charge in [0, 0.05) is 30.8 Å². The van der Waals surface area contributed by atoms with Crippen molar-refractivity contribution in [1.29, 1.82) is 0 Å². The summed E-state index contributed by atoms with van der Waals surface area (Å²) in [5.41, 5.74) is 2.71. The zero-order valence-electron chi connectivity index (χ0n) is 20.1. The first-order valence-electron chi connectivity index (χ1n) is 12.0. The first kappa shape index (κ1) is 24.1. The average molecular weight is 468 g/mol. The third kappa shape index (κ3) is 5.91. The van der Waals surface area contributed by atoms with Gasteiger partial charge < -0.3 is 15.7 Å². The Balaban J connectivity index is 1.50. The second-order valence-corrected chi connectivity index (χ2v) is 10.4. The lowest BCUT2D eigenvalue weighted by Crippen LogP contribution is -2.28. The van der Waals surface area contributed by atoms with Crippen LogP contribution in [-0.2, 0) is 11.3 Å². The van der Waals surface area contributed by atoms with Gasteiger partial charge in [-0.1, -0.05) is 32.9 Å². The Labute approximate surface area is 199 Å². The number of nitrogens with one attached hydrogen (secondary N) is 3. The van der Waals surface area contributed by atoms with Crippen molar-refractivity contribution in [3.8, 4) is 11.1 Å². The van der Waals surface area contributed by atoms with Crippen molar-refractivity contribution in [1.82, 2.24) is 20.5 Å². The number of aromatic nitrogens is 3. The van der Waals surface area contributed by atoms with Crippen LogP contribution in [0.4, 0.5) is 10.2 Å². The third-order valence-corrected chi connectivity index (χ3v) is 6.44. The van der Waals surface area contributed by atoms with Crippen molar-refractivity contribution in [2.45, 2.75) is 78.0 Å². The summed E-state index contributed by atoms with van der Waals surface area (Å²) in [5, 5.41) is 24.3. The van der Waals surface area contributed by atoms with Crippen molar-refractivity contribution >= 4 is 22.8 Å². The molecule has 4 N–H and O–H groups in total. The Morgan fingerprint density at radius 2 is 1.97 bits per heavy atom. The highest BCUT2D eigenvalue weighted by Crippen LogP contribution is 2.34. The number of hydrogen-bond donors (Lipinski definition) is 4. The molecule has 7 nitrogen and oxygen atoms in total. The van der Waals surface area contributed by atoms with Gasteiger partial charge in [-0.25, -0.2) is 9.37 Å². The lowest BCUT2D eigenvalue weighted by Gasteiger charge is -2.26. The topological polar surface area (TPSA) is 103 Å². The molecule has 0 radical (unpaired) electrons. The lowest BCUT2D eigenvalue weighted by atomic mass is 9.90. The summed E-state index contributed by atoms with van der Waals surface area (Å²) < 4.78 is 15.0. The smallest absolute Gasteiger partial charge is 0.220 e. The number of halogens is 1. The number of carbonyl (C=O) groups is 1. The number of aliphatic hydroxyl groups excluding tert-OH is 1. The van der Waals surface area contributed by atoms with Gasteiger partial charge >= 0.3 is 0 Å². The second-order valence-electron chi connectivity index (χ2n) is 10.4. The molecule has 1 fully saturated rings. The van der Waals surface area contributed by atoms with E-state index in [0.717, 1.165) is 48.6 Å². The van der Waals surface area contributed by atoms with Gasteiger partial charge in [-0.15, -0.1) is 0 Å². The number of fused-ring (bicyclic) bond motifs is 1. The molecular formula is C26H34FN5O2. The van der Waals surface area contributed by atoms with Gasteiger partial charge in [0.2, 0.25) is 5.91 Å². The van der Waals surface area contributed by atoms with Crippen LogP contribution in [-0.4, -0.2) is 38.3 Å². The van der Waals surface area contributed by atoms with Gasteiger partial charge in [0.1, 0.15) is 5.82 Å². The summed E-state index contributed by atoms with van der Waals surface area (Å²) in [5.74, 6) is 0.256. The molecule has 1 aromatic carbocycles. The number of benzene rings is 1. The molecule has 0 unspecified atom stereocenters. The maximum Gasteiger partial charge on any atom is 0.220 e. The molecule has 1 aliphatic carbocycles. The Hall–Kier alpha value is -3.00. The normalized spacial score (nSPS) is 18.7. The number of nitrogens with zero attached hydrogens (tertiary/aromatic N) is 2. The zero-order valence-corrected chi connectivity index (χ0v) is 20.1. The summed E-state index contributed by atoms with van der Waals surface area (Å²) in [7, 11) is 0. The minimum Gasteiger partial charge on any atom is -0.393 e. The van der Waals surface area contributed by atoms with Crippen LogP contribution in [0.25, 0.3) is 22.2 Å². The Morgan fingerprint density at radius 1 is 1.21 bits per heavy atom. The largest absolute Gasteiger partial charge is 0.393 e. The van der Waals surface area contributed by atoms with E-state index in [-0.39, 0.29) is 35.8 Å². The monoisotopic (exact) mass is 467 g/mol. The highest BCUT2D eigenvalue weighted by molar-refractivity contribution is 6.00. The predicted molar refractivity (Wildman–Crippen MR) is 132 cm³/mol. The van der Waals surface area contributed by atoms with Crippen LogP contribution in [0.1, 0.15) is 64.9 Å². The number of carbonyl (C=O) groups excluding carboxylic acids is 1. The van der Waals surface area contributed by atoms with E-state index in [2.05, 4.69) is 46.6 Å². The van der Waals surface area contributed by atoms with E-state index in [4.69, 9.17) is 0 Å². The van der Waals surface area contributed by atoms with E-state index in [0.29, 0.717) is 23.4 Å². The van der Waals surface area contributed by atoms with Gasteiger partial charge in [-0.05, 0) is 60.8 Å². The fourth-order valence-electron chi connectivity index (χ4n) is 4.34. The molecule has 4 rings (SSSR count). The van der Waals surface area contributed by atoms with Gasteiger partial charge in [0.15, 0.2) is 11.5 Å². The maximum atomic E-state index is 15.0. The highest BCUT2D eigenvalue weighted by Gasteiger charge is 2.22. The van der Waals surface area contributed by atoms with Crippen LogP contribution in [0.3, 0.4) is 0 Å². The summed E-state index contributed by atoms with van der Waals surface area (Å²) in [6, 6.07) is 7.16. The fourth-order valence-corrected chi connectivity index (χ4v) is 4.34. The SMILES string of the molecule is CC(C)(C)CCC(=O)NCc1ccc(-c2ccnc3[nH]nc(NC4CCC(O)CC4)c23)cc1F. The molecule has 0 spiro atoms. The van der Waals surface area contributed by atoms with Gasteiger partial charge in [0.05, 0.1) is 11.5 Å². The van der Waals surface area contributed by atoms with E-state index in [1.807, 2.05) is 12.1 Å².